The first kappa shape index (κ1) is 12.7. The van der Waals surface area contributed by atoms with Crippen LogP contribution < -0.4 is 4.90 Å². The highest BCUT2D eigenvalue weighted by Crippen LogP contribution is 2.36. The molecule has 0 aromatic heterocycles. The molecule has 1 aliphatic rings. The van der Waals surface area contributed by atoms with Gasteiger partial charge in [-0.15, -0.1) is 0 Å². The molecular formula is C14H19NO3. The summed E-state index contributed by atoms with van der Waals surface area (Å²) in [4.78, 5) is 13.6. The Morgan fingerprint density at radius 2 is 2.11 bits per heavy atom. The van der Waals surface area contributed by atoms with Crippen molar-refractivity contribution in [1.82, 2.24) is 0 Å². The Labute approximate surface area is 107 Å². The molecule has 0 spiro atoms. The molecule has 1 N–H and O–H groups in total. The number of nitrogens with zero attached hydrogens (tertiary/aromatic N) is 1. The number of benzene rings is 1. The lowest BCUT2D eigenvalue weighted by atomic mass is 10.0. The number of fused-ring (bicyclic) bond motifs is 1. The molecule has 4 heteroatoms. The molecule has 0 aliphatic carbocycles. The number of aromatic hydroxyl groups is 1. The van der Waals surface area contributed by atoms with Crippen molar-refractivity contribution in [2.75, 3.05) is 11.4 Å². The second-order valence-corrected chi connectivity index (χ2v) is 5.52. The SMILES string of the molecule is CC(C)(C)OC(=O)N1CCCc2cccc(O)c21. The number of phenolic OH excluding ortho intramolecular Hbond substituents is 1. The van der Waals surface area contributed by atoms with Crippen LogP contribution in [0.1, 0.15) is 32.8 Å². The molecule has 0 unspecified atom stereocenters. The fraction of sp³-hybridized carbons (Fsp3) is 0.500. The van der Waals surface area contributed by atoms with Crippen molar-refractivity contribution in [2.24, 2.45) is 0 Å². The van der Waals surface area contributed by atoms with E-state index in [1.165, 1.54) is 4.90 Å². The van der Waals surface area contributed by atoms with Crippen molar-refractivity contribution in [3.8, 4) is 5.75 Å². The van der Waals surface area contributed by atoms with Gasteiger partial charge in [-0.2, -0.15) is 0 Å². The molecule has 1 aliphatic heterocycles. The van der Waals surface area contributed by atoms with Gasteiger partial charge in [0.25, 0.3) is 0 Å². The molecule has 0 bridgehead atoms. The van der Waals surface area contributed by atoms with Crippen LogP contribution in [0.4, 0.5) is 10.5 Å². The van der Waals surface area contributed by atoms with Crippen molar-refractivity contribution < 1.29 is 14.6 Å². The smallest absolute Gasteiger partial charge is 0.414 e. The number of hydrogen-bond donors (Lipinski definition) is 1. The molecule has 0 atom stereocenters. The minimum absolute atomic E-state index is 0.137. The van der Waals surface area contributed by atoms with Gasteiger partial charge in [0, 0.05) is 6.54 Å². The molecule has 1 aromatic carbocycles. The van der Waals surface area contributed by atoms with Gasteiger partial charge in [-0.05, 0) is 45.2 Å². The third kappa shape index (κ3) is 2.58. The average molecular weight is 249 g/mol. The molecule has 2 rings (SSSR count). The Morgan fingerprint density at radius 3 is 2.78 bits per heavy atom. The Bertz CT molecular complexity index is 463. The molecule has 0 saturated carbocycles. The van der Waals surface area contributed by atoms with Gasteiger partial charge in [0.2, 0.25) is 0 Å². The van der Waals surface area contributed by atoms with Gasteiger partial charge in [-0.3, -0.25) is 4.90 Å². The number of amides is 1. The third-order valence-corrected chi connectivity index (χ3v) is 2.81. The molecule has 98 valence electrons. The van der Waals surface area contributed by atoms with Crippen LogP contribution in [0.5, 0.6) is 5.75 Å². The van der Waals surface area contributed by atoms with Gasteiger partial charge in [0.15, 0.2) is 0 Å². The third-order valence-electron chi connectivity index (χ3n) is 2.81. The van der Waals surface area contributed by atoms with Gasteiger partial charge in [-0.1, -0.05) is 12.1 Å². The average Bonchev–Trinajstić information content (AvgIpc) is 2.26. The standard InChI is InChI=1S/C14H19NO3/c1-14(2,3)18-13(17)15-9-5-7-10-6-4-8-11(16)12(10)15/h4,6,8,16H,5,7,9H2,1-3H3. The van der Waals surface area contributed by atoms with E-state index in [0.717, 1.165) is 18.4 Å². The number of carbonyl (C=O) groups is 1. The summed E-state index contributed by atoms with van der Waals surface area (Å²) in [5.74, 6) is 0.137. The lowest BCUT2D eigenvalue weighted by Gasteiger charge is -2.32. The molecule has 1 heterocycles. The summed E-state index contributed by atoms with van der Waals surface area (Å²) < 4.78 is 5.36. The summed E-state index contributed by atoms with van der Waals surface area (Å²) in [6, 6.07) is 5.33. The van der Waals surface area contributed by atoms with Gasteiger partial charge in [0.05, 0.1) is 5.69 Å². The van der Waals surface area contributed by atoms with E-state index in [2.05, 4.69) is 0 Å². The van der Waals surface area contributed by atoms with E-state index in [1.807, 2.05) is 26.8 Å². The monoisotopic (exact) mass is 249 g/mol. The number of aryl methyl sites for hydroxylation is 1. The highest BCUT2D eigenvalue weighted by Gasteiger charge is 2.29. The summed E-state index contributed by atoms with van der Waals surface area (Å²) in [6.07, 6.45) is 1.36. The van der Waals surface area contributed by atoms with Gasteiger partial charge in [0.1, 0.15) is 11.4 Å². The topological polar surface area (TPSA) is 49.8 Å². The summed E-state index contributed by atoms with van der Waals surface area (Å²) in [6.45, 7) is 6.08. The minimum atomic E-state index is -0.529. The lowest BCUT2D eigenvalue weighted by Crippen LogP contribution is -2.39. The maximum absolute atomic E-state index is 12.1. The van der Waals surface area contributed by atoms with E-state index in [0.29, 0.717) is 12.2 Å². The van der Waals surface area contributed by atoms with Crippen LogP contribution in [0, 0.1) is 0 Å². The van der Waals surface area contributed by atoms with Gasteiger partial charge in [-0.25, -0.2) is 4.79 Å². The summed E-state index contributed by atoms with van der Waals surface area (Å²) in [5.41, 5.74) is 1.06. The number of carbonyl (C=O) groups excluding carboxylic acids is 1. The fourth-order valence-electron chi connectivity index (χ4n) is 2.13. The molecule has 1 aromatic rings. The molecule has 0 fully saturated rings. The van der Waals surface area contributed by atoms with Crippen molar-refractivity contribution >= 4 is 11.8 Å². The van der Waals surface area contributed by atoms with Crippen LogP contribution in [0.2, 0.25) is 0 Å². The molecule has 0 radical (unpaired) electrons. The highest BCUT2D eigenvalue weighted by atomic mass is 16.6. The predicted octanol–water partition coefficient (Wildman–Crippen LogP) is 3.08. The number of phenols is 1. The zero-order valence-electron chi connectivity index (χ0n) is 11.1. The fourth-order valence-corrected chi connectivity index (χ4v) is 2.13. The molecule has 4 nitrogen and oxygen atoms in total. The summed E-state index contributed by atoms with van der Waals surface area (Å²) >= 11 is 0. The number of rotatable bonds is 0. The minimum Gasteiger partial charge on any atom is -0.506 e. The second kappa shape index (κ2) is 4.52. The number of para-hydroxylation sites is 1. The van der Waals surface area contributed by atoms with Crippen molar-refractivity contribution in [3.63, 3.8) is 0 Å². The van der Waals surface area contributed by atoms with Crippen molar-refractivity contribution in [1.29, 1.82) is 0 Å². The first-order chi connectivity index (χ1) is 8.38. The summed E-state index contributed by atoms with van der Waals surface area (Å²) in [7, 11) is 0. The number of ether oxygens (including phenoxy) is 1. The van der Waals surface area contributed by atoms with Gasteiger partial charge >= 0.3 is 6.09 Å². The second-order valence-electron chi connectivity index (χ2n) is 5.52. The zero-order chi connectivity index (χ0) is 13.3. The highest BCUT2D eigenvalue weighted by molar-refractivity contribution is 5.91. The maximum Gasteiger partial charge on any atom is 0.414 e. The van der Waals surface area contributed by atoms with E-state index in [9.17, 15) is 9.90 Å². The number of hydrogen-bond acceptors (Lipinski definition) is 3. The molecule has 18 heavy (non-hydrogen) atoms. The van der Waals surface area contributed by atoms with E-state index in [1.54, 1.807) is 12.1 Å². The maximum atomic E-state index is 12.1. The number of anilines is 1. The van der Waals surface area contributed by atoms with Gasteiger partial charge < -0.3 is 9.84 Å². The van der Waals surface area contributed by atoms with E-state index in [4.69, 9.17) is 4.74 Å². The van der Waals surface area contributed by atoms with Crippen LogP contribution in [-0.4, -0.2) is 23.3 Å². The Morgan fingerprint density at radius 1 is 1.39 bits per heavy atom. The van der Waals surface area contributed by atoms with Crippen LogP contribution in [0.25, 0.3) is 0 Å². The molecule has 0 saturated heterocycles. The largest absolute Gasteiger partial charge is 0.506 e. The zero-order valence-corrected chi connectivity index (χ0v) is 11.1. The van der Waals surface area contributed by atoms with Crippen LogP contribution in [0.15, 0.2) is 18.2 Å². The van der Waals surface area contributed by atoms with E-state index >= 15 is 0 Å². The Kier molecular flexibility index (Phi) is 3.20. The van der Waals surface area contributed by atoms with Crippen LogP contribution in [-0.2, 0) is 11.2 Å². The van der Waals surface area contributed by atoms with Crippen molar-refractivity contribution in [2.45, 2.75) is 39.2 Å². The van der Waals surface area contributed by atoms with Crippen molar-refractivity contribution in [3.05, 3.63) is 23.8 Å². The first-order valence-electron chi connectivity index (χ1n) is 6.20. The van der Waals surface area contributed by atoms with Crippen LogP contribution in [0.3, 0.4) is 0 Å². The van der Waals surface area contributed by atoms with E-state index < -0.39 is 11.7 Å². The van der Waals surface area contributed by atoms with E-state index in [-0.39, 0.29) is 5.75 Å². The first-order valence-corrected chi connectivity index (χ1v) is 6.20. The normalized spacial score (nSPS) is 15.2. The Hall–Kier alpha value is -1.71. The Balaban J connectivity index is 2.30. The quantitative estimate of drug-likeness (QED) is 0.768. The lowest BCUT2D eigenvalue weighted by molar-refractivity contribution is 0.0577. The predicted molar refractivity (Wildman–Crippen MR) is 70.0 cm³/mol. The van der Waals surface area contributed by atoms with Crippen LogP contribution >= 0.6 is 0 Å². The molecule has 1 amide bonds. The summed E-state index contributed by atoms with van der Waals surface area (Å²) in [5, 5.41) is 9.92. The molecular weight excluding hydrogens is 230 g/mol.